The van der Waals surface area contributed by atoms with Crippen LogP contribution >= 0.6 is 0 Å². The second-order valence-electron chi connectivity index (χ2n) is 12.6. The quantitative estimate of drug-likeness (QED) is 0.255. The first-order chi connectivity index (χ1) is 21.7. The highest BCUT2D eigenvalue weighted by Crippen LogP contribution is 2.43. The number of nitrogens with zero attached hydrogens (tertiary/aromatic N) is 7. The molecule has 0 amide bonds. The fourth-order valence-electron chi connectivity index (χ4n) is 7.26. The van der Waals surface area contributed by atoms with E-state index in [0.29, 0.717) is 37.5 Å². The van der Waals surface area contributed by atoms with E-state index in [1.165, 1.54) is 0 Å². The van der Waals surface area contributed by atoms with Crippen LogP contribution in [-0.2, 0) is 18.3 Å². The summed E-state index contributed by atoms with van der Waals surface area (Å²) in [4.78, 5) is 20.2. The smallest absolute Gasteiger partial charge is 0.433 e. The van der Waals surface area contributed by atoms with Gasteiger partial charge in [-0.25, -0.2) is 15.0 Å². The lowest BCUT2D eigenvalue weighted by Gasteiger charge is -2.52. The van der Waals surface area contributed by atoms with Crippen molar-refractivity contribution in [3.05, 3.63) is 54.4 Å². The number of aromatic nitrogens is 6. The van der Waals surface area contributed by atoms with Gasteiger partial charge in [0.15, 0.2) is 0 Å². The predicted molar refractivity (Wildman–Crippen MR) is 160 cm³/mol. The molecule has 3 aliphatic rings. The second-order valence-corrected chi connectivity index (χ2v) is 12.6. The summed E-state index contributed by atoms with van der Waals surface area (Å²) in [6, 6.07) is 4.99. The average Bonchev–Trinajstić information content (AvgIpc) is 3.78. The topological polar surface area (TPSA) is 134 Å². The van der Waals surface area contributed by atoms with E-state index in [9.17, 15) is 18.3 Å². The van der Waals surface area contributed by atoms with E-state index in [0.717, 1.165) is 73.7 Å². The van der Waals surface area contributed by atoms with Crippen LogP contribution in [0.1, 0.15) is 49.8 Å². The molecule has 7 rings (SSSR count). The highest BCUT2D eigenvalue weighted by Gasteiger charge is 2.48. The van der Waals surface area contributed by atoms with Crippen LogP contribution in [0.3, 0.4) is 0 Å². The number of fused-ring (bicyclic) bond motifs is 1. The zero-order valence-corrected chi connectivity index (χ0v) is 25.0. The number of H-pyrrole nitrogens is 1. The van der Waals surface area contributed by atoms with Gasteiger partial charge in [-0.05, 0) is 62.8 Å². The van der Waals surface area contributed by atoms with Gasteiger partial charge in [0, 0.05) is 67.7 Å². The molecule has 3 fully saturated rings. The molecule has 2 saturated heterocycles. The fraction of sp³-hybridized carbons (Fsp3) is 0.548. The van der Waals surface area contributed by atoms with Crippen LogP contribution in [0.15, 0.2) is 43.1 Å². The maximum Gasteiger partial charge on any atom is 0.433 e. The molecule has 11 nitrogen and oxygen atoms in total. The van der Waals surface area contributed by atoms with Crippen LogP contribution in [-0.4, -0.2) is 95.6 Å². The number of piperidine rings is 1. The van der Waals surface area contributed by atoms with Gasteiger partial charge < -0.3 is 20.6 Å². The van der Waals surface area contributed by atoms with Crippen molar-refractivity contribution in [1.82, 2.24) is 39.5 Å². The molecule has 14 heteroatoms. The van der Waals surface area contributed by atoms with Gasteiger partial charge in [0.1, 0.15) is 23.8 Å². The summed E-state index contributed by atoms with van der Waals surface area (Å²) in [5.41, 5.74) is 8.10. The molecule has 45 heavy (non-hydrogen) atoms. The monoisotopic (exact) mass is 625 g/mol. The van der Waals surface area contributed by atoms with E-state index in [2.05, 4.69) is 29.9 Å². The van der Waals surface area contributed by atoms with Crippen molar-refractivity contribution in [3.63, 3.8) is 0 Å². The molecule has 240 valence electrons. The summed E-state index contributed by atoms with van der Waals surface area (Å²) in [7, 11) is 0. The number of aliphatic hydroxyl groups excluding tert-OH is 1. The molecule has 6 heterocycles. The van der Waals surface area contributed by atoms with Crippen molar-refractivity contribution in [2.24, 2.45) is 5.73 Å². The van der Waals surface area contributed by atoms with Crippen molar-refractivity contribution in [3.8, 4) is 17.1 Å². The molecule has 1 aliphatic carbocycles. The van der Waals surface area contributed by atoms with E-state index >= 15 is 0 Å². The highest BCUT2D eigenvalue weighted by atomic mass is 19.4. The number of pyridine rings is 1. The molecule has 0 spiro atoms. The molecule has 4 N–H and O–H groups in total. The second kappa shape index (κ2) is 12.0. The number of hydrogen-bond donors (Lipinski definition) is 3. The Balaban J connectivity index is 0.971. The number of nitrogens with one attached hydrogen (secondary N) is 1. The summed E-state index contributed by atoms with van der Waals surface area (Å²) in [5, 5.41) is 15.3. The Morgan fingerprint density at radius 2 is 1.93 bits per heavy atom. The van der Waals surface area contributed by atoms with E-state index in [1.54, 1.807) is 12.4 Å². The molecule has 0 unspecified atom stereocenters. The van der Waals surface area contributed by atoms with Crippen LogP contribution in [0.5, 0.6) is 5.88 Å². The first-order valence-electron chi connectivity index (χ1n) is 15.6. The van der Waals surface area contributed by atoms with Crippen LogP contribution in [0.2, 0.25) is 0 Å². The van der Waals surface area contributed by atoms with E-state index in [4.69, 9.17) is 10.5 Å². The summed E-state index contributed by atoms with van der Waals surface area (Å²) in [5.74, 6) is 0.0129. The van der Waals surface area contributed by atoms with E-state index in [-0.39, 0.29) is 30.2 Å². The summed E-state index contributed by atoms with van der Waals surface area (Å²) in [6.07, 6.45) is 7.32. The molecule has 4 aromatic rings. The van der Waals surface area contributed by atoms with Crippen LogP contribution < -0.4 is 10.5 Å². The van der Waals surface area contributed by atoms with E-state index < -0.39 is 11.9 Å². The molecule has 2 aliphatic heterocycles. The molecule has 0 aromatic carbocycles. The lowest BCUT2D eigenvalue weighted by molar-refractivity contribution is -0.141. The van der Waals surface area contributed by atoms with Crippen LogP contribution in [0.4, 0.5) is 13.2 Å². The van der Waals surface area contributed by atoms with Crippen molar-refractivity contribution in [2.45, 2.75) is 75.0 Å². The Hall–Kier alpha value is -3.59. The standard InChI is InChI=1S/C31H38F3N9O2/c32-31(33,34)26-10-20(15-42-7-1-2-22(42)17-44)11-27(40-26)45-24-4-8-41(9-5-24)23-12-30(13-23,18-35)43-16-21(14-39-43)28-25-3-6-36-29(25)38-19-37-28/h3,6,10-11,14,16,19,22-24,44H,1-2,4-5,7-9,12-13,15,17-18,35H2,(H,36,37,38)/t22-,23?,30?/m0/s1. The van der Waals surface area contributed by atoms with Gasteiger partial charge in [-0.2, -0.15) is 18.3 Å². The van der Waals surface area contributed by atoms with Gasteiger partial charge >= 0.3 is 6.18 Å². The first kappa shape index (κ1) is 30.1. The third-order valence-electron chi connectivity index (χ3n) is 9.84. The van der Waals surface area contributed by atoms with Gasteiger partial charge in [-0.3, -0.25) is 14.5 Å². The number of hydrogen-bond acceptors (Lipinski definition) is 9. The van der Waals surface area contributed by atoms with Gasteiger partial charge in [0.05, 0.1) is 24.0 Å². The molecular formula is C31H38F3N9O2. The lowest BCUT2D eigenvalue weighted by atomic mass is 9.71. The summed E-state index contributed by atoms with van der Waals surface area (Å²) >= 11 is 0. The summed E-state index contributed by atoms with van der Waals surface area (Å²) in [6.45, 7) is 3.10. The van der Waals surface area contributed by atoms with Crippen molar-refractivity contribution in [2.75, 3.05) is 32.8 Å². The van der Waals surface area contributed by atoms with Gasteiger partial charge in [0.25, 0.3) is 0 Å². The Morgan fingerprint density at radius 3 is 2.69 bits per heavy atom. The fourth-order valence-corrected chi connectivity index (χ4v) is 7.26. The number of aromatic amines is 1. The molecular weight excluding hydrogens is 587 g/mol. The Kier molecular flexibility index (Phi) is 8.00. The number of halogens is 3. The van der Waals surface area contributed by atoms with Gasteiger partial charge in [-0.15, -0.1) is 0 Å². The zero-order chi connectivity index (χ0) is 31.2. The normalized spacial score (nSPS) is 25.2. The third-order valence-corrected chi connectivity index (χ3v) is 9.84. The Morgan fingerprint density at radius 1 is 1.11 bits per heavy atom. The van der Waals surface area contributed by atoms with Gasteiger partial charge in [-0.1, -0.05) is 0 Å². The van der Waals surface area contributed by atoms with Gasteiger partial charge in [0.2, 0.25) is 5.88 Å². The number of aliphatic hydroxyl groups is 1. The molecule has 4 aromatic heterocycles. The molecule has 1 saturated carbocycles. The predicted octanol–water partition coefficient (Wildman–Crippen LogP) is 3.55. The van der Waals surface area contributed by atoms with Crippen molar-refractivity contribution in [1.29, 1.82) is 0 Å². The number of nitrogens with two attached hydrogens (primary N) is 1. The van der Waals surface area contributed by atoms with Crippen LogP contribution in [0, 0.1) is 0 Å². The van der Waals surface area contributed by atoms with Crippen LogP contribution in [0.25, 0.3) is 22.3 Å². The minimum absolute atomic E-state index is 0.00403. The van der Waals surface area contributed by atoms with Crippen molar-refractivity contribution < 1.29 is 23.0 Å². The van der Waals surface area contributed by atoms with Crippen molar-refractivity contribution >= 4 is 11.0 Å². The summed E-state index contributed by atoms with van der Waals surface area (Å²) < 4.78 is 49.2. The number of ether oxygens (including phenoxy) is 1. The number of alkyl halides is 3. The maximum absolute atomic E-state index is 13.7. The minimum atomic E-state index is -4.57. The minimum Gasteiger partial charge on any atom is -0.474 e. The number of rotatable bonds is 9. The maximum atomic E-state index is 13.7. The molecule has 0 radical (unpaired) electrons. The Bertz CT molecular complexity index is 1630. The average molecular weight is 626 g/mol. The Labute approximate surface area is 258 Å². The highest BCUT2D eigenvalue weighted by molar-refractivity contribution is 5.90. The third kappa shape index (κ3) is 5.91. The SMILES string of the molecule is NCC1(n2cc(-c3ncnc4[nH]ccc34)cn2)CC(N2CCC(Oc3cc(CN4CCC[C@H]4CO)cc(C(F)(F)F)n3)CC2)C1. The lowest BCUT2D eigenvalue weighted by Crippen LogP contribution is -2.61. The number of likely N-dealkylation sites (tertiary alicyclic amines) is 2. The zero-order valence-electron chi connectivity index (χ0n) is 25.0. The van der Waals surface area contributed by atoms with E-state index in [1.807, 2.05) is 34.2 Å². The first-order valence-corrected chi connectivity index (χ1v) is 15.6. The molecule has 0 bridgehead atoms. The molecule has 1 atom stereocenters. The largest absolute Gasteiger partial charge is 0.474 e.